The van der Waals surface area contributed by atoms with Gasteiger partial charge in [0.1, 0.15) is 11.6 Å². The molecule has 2 aromatic carbocycles. The highest BCUT2D eigenvalue weighted by Gasteiger charge is 2.39. The van der Waals surface area contributed by atoms with E-state index < -0.39 is 18.8 Å². The average Bonchev–Trinajstić information content (AvgIpc) is 2.65. The summed E-state index contributed by atoms with van der Waals surface area (Å²) in [6.07, 6.45) is 4.84. The number of nitrogens with one attached hydrogen (secondary N) is 1. The Hall–Kier alpha value is -1.80. The summed E-state index contributed by atoms with van der Waals surface area (Å²) in [5.41, 5.74) is 7.59. The van der Waals surface area contributed by atoms with E-state index in [0.717, 1.165) is 37.7 Å². The zero-order valence-electron chi connectivity index (χ0n) is 17.5. The fourth-order valence-corrected chi connectivity index (χ4v) is 4.19. The second-order valence-electron chi connectivity index (χ2n) is 8.77. The fraction of sp³-hybridized carbons (Fsp3) is 0.478. The molecule has 0 radical (unpaired) electrons. The maximum Gasteiger partial charge on any atom is 0.451 e. The Morgan fingerprint density at radius 3 is 2.43 bits per heavy atom. The molecule has 30 heavy (non-hydrogen) atoms. The van der Waals surface area contributed by atoms with Crippen molar-refractivity contribution in [3.63, 3.8) is 0 Å². The standard InChI is InChI=1S/C23H31BF2N2O2/c1-23(27,10-4-5-11-24(29)30)17-13-18(14-17)28-15-16-8-9-20(22(26)12-16)19-6-2-3-7-21(19)25/h2-3,6-9,12,17-18,28-30H,4-5,10-11,13-15,27H2,1H3. The first kappa shape index (κ1) is 22.9. The Morgan fingerprint density at radius 1 is 1.07 bits per heavy atom. The molecule has 2 aromatic rings. The van der Waals surface area contributed by atoms with Crippen LogP contribution in [0.25, 0.3) is 11.1 Å². The van der Waals surface area contributed by atoms with E-state index in [2.05, 4.69) is 12.2 Å². The average molecular weight is 416 g/mol. The third-order valence-electron chi connectivity index (χ3n) is 6.29. The largest absolute Gasteiger partial charge is 0.451 e. The lowest BCUT2D eigenvalue weighted by molar-refractivity contribution is 0.123. The van der Waals surface area contributed by atoms with Crippen LogP contribution in [0.1, 0.15) is 44.6 Å². The van der Waals surface area contributed by atoms with Gasteiger partial charge in [0, 0.05) is 29.3 Å². The van der Waals surface area contributed by atoms with Gasteiger partial charge >= 0.3 is 7.12 Å². The summed E-state index contributed by atoms with van der Waals surface area (Å²) in [7, 11) is -1.24. The molecule has 0 bridgehead atoms. The highest BCUT2D eigenvalue weighted by Crippen LogP contribution is 2.38. The number of benzene rings is 2. The van der Waals surface area contributed by atoms with Crippen LogP contribution in [0.4, 0.5) is 8.78 Å². The predicted molar refractivity (Wildman–Crippen MR) is 117 cm³/mol. The van der Waals surface area contributed by atoms with Gasteiger partial charge in [0.25, 0.3) is 0 Å². The first-order chi connectivity index (χ1) is 14.3. The van der Waals surface area contributed by atoms with Crippen LogP contribution in [0.5, 0.6) is 0 Å². The van der Waals surface area contributed by atoms with E-state index in [-0.39, 0.29) is 16.7 Å². The van der Waals surface area contributed by atoms with Gasteiger partial charge in [0.15, 0.2) is 0 Å². The van der Waals surface area contributed by atoms with E-state index in [9.17, 15) is 8.78 Å². The molecule has 1 aliphatic rings. The number of halogens is 2. The molecule has 162 valence electrons. The SMILES string of the molecule is CC(N)(CCCCB(O)O)C1CC(NCc2ccc(-c3ccccc3F)c(F)c2)C1. The van der Waals surface area contributed by atoms with Crippen LogP contribution in [-0.4, -0.2) is 28.7 Å². The van der Waals surface area contributed by atoms with Crippen LogP contribution >= 0.6 is 0 Å². The maximum atomic E-state index is 14.5. The molecule has 1 aliphatic carbocycles. The second-order valence-corrected chi connectivity index (χ2v) is 8.77. The van der Waals surface area contributed by atoms with Crippen molar-refractivity contribution in [2.75, 3.05) is 0 Å². The molecule has 0 spiro atoms. The molecule has 7 heteroatoms. The number of hydrogen-bond acceptors (Lipinski definition) is 4. The van der Waals surface area contributed by atoms with Crippen LogP contribution in [0, 0.1) is 17.6 Å². The molecular formula is C23H31BF2N2O2. The van der Waals surface area contributed by atoms with Crippen molar-refractivity contribution >= 4 is 7.12 Å². The van der Waals surface area contributed by atoms with Crippen molar-refractivity contribution in [3.8, 4) is 11.1 Å². The fourth-order valence-electron chi connectivity index (χ4n) is 4.19. The minimum Gasteiger partial charge on any atom is -0.427 e. The van der Waals surface area contributed by atoms with Crippen molar-refractivity contribution in [2.45, 2.75) is 63.5 Å². The summed E-state index contributed by atoms with van der Waals surface area (Å²) in [5, 5.41) is 21.3. The monoisotopic (exact) mass is 416 g/mol. The van der Waals surface area contributed by atoms with Gasteiger partial charge < -0.3 is 21.1 Å². The number of nitrogens with two attached hydrogens (primary N) is 1. The lowest BCUT2D eigenvalue weighted by atomic mass is 9.67. The molecule has 1 saturated carbocycles. The number of unbranched alkanes of at least 4 members (excludes halogenated alkanes) is 1. The topological polar surface area (TPSA) is 78.5 Å². The smallest absolute Gasteiger partial charge is 0.427 e. The normalized spacial score (nSPS) is 20.5. The lowest BCUT2D eigenvalue weighted by Gasteiger charge is -2.46. The number of hydrogen-bond donors (Lipinski definition) is 4. The van der Waals surface area contributed by atoms with E-state index in [1.54, 1.807) is 24.3 Å². The van der Waals surface area contributed by atoms with Crippen LogP contribution in [0.2, 0.25) is 6.32 Å². The van der Waals surface area contributed by atoms with Gasteiger partial charge in [-0.2, -0.15) is 0 Å². The van der Waals surface area contributed by atoms with Crippen LogP contribution in [-0.2, 0) is 6.54 Å². The highest BCUT2D eigenvalue weighted by molar-refractivity contribution is 6.40. The number of rotatable bonds is 10. The van der Waals surface area contributed by atoms with E-state index in [1.807, 2.05) is 6.07 Å². The molecule has 1 unspecified atom stereocenters. The first-order valence-corrected chi connectivity index (χ1v) is 10.7. The summed E-state index contributed by atoms with van der Waals surface area (Å²) < 4.78 is 28.4. The van der Waals surface area contributed by atoms with E-state index in [4.69, 9.17) is 15.8 Å². The van der Waals surface area contributed by atoms with Crippen molar-refractivity contribution in [1.29, 1.82) is 0 Å². The summed E-state index contributed by atoms with van der Waals surface area (Å²) in [6, 6.07) is 11.5. The first-order valence-electron chi connectivity index (χ1n) is 10.7. The van der Waals surface area contributed by atoms with E-state index in [0.29, 0.717) is 24.8 Å². The third-order valence-corrected chi connectivity index (χ3v) is 6.29. The lowest BCUT2D eigenvalue weighted by Crippen LogP contribution is -2.54. The van der Waals surface area contributed by atoms with Gasteiger partial charge in [-0.1, -0.05) is 43.2 Å². The molecule has 0 aliphatic heterocycles. The Balaban J connectivity index is 1.45. The highest BCUT2D eigenvalue weighted by atomic mass is 19.1. The summed E-state index contributed by atoms with van der Waals surface area (Å²) in [6.45, 7) is 2.63. The molecule has 3 rings (SSSR count). The van der Waals surface area contributed by atoms with Crippen molar-refractivity contribution in [1.82, 2.24) is 5.32 Å². The minimum atomic E-state index is -1.24. The molecule has 0 aromatic heterocycles. The van der Waals surface area contributed by atoms with Gasteiger partial charge in [0.05, 0.1) is 0 Å². The molecule has 1 atom stereocenters. The summed E-state index contributed by atoms with van der Waals surface area (Å²) in [4.78, 5) is 0. The second kappa shape index (κ2) is 10.0. The van der Waals surface area contributed by atoms with Crippen molar-refractivity contribution < 1.29 is 18.8 Å². The summed E-state index contributed by atoms with van der Waals surface area (Å²) in [5.74, 6) is -0.428. The Bertz CT molecular complexity index is 842. The molecule has 5 N–H and O–H groups in total. The van der Waals surface area contributed by atoms with E-state index in [1.165, 1.54) is 12.1 Å². The maximum absolute atomic E-state index is 14.5. The molecule has 0 amide bonds. The predicted octanol–water partition coefficient (Wildman–Crippen LogP) is 3.86. The van der Waals surface area contributed by atoms with Crippen LogP contribution in [0.3, 0.4) is 0 Å². The molecular weight excluding hydrogens is 385 g/mol. The minimum absolute atomic E-state index is 0.258. The quantitative estimate of drug-likeness (QED) is 0.350. The molecule has 4 nitrogen and oxygen atoms in total. The van der Waals surface area contributed by atoms with Crippen LogP contribution in [0.15, 0.2) is 42.5 Å². The molecule has 0 heterocycles. The van der Waals surface area contributed by atoms with Gasteiger partial charge in [-0.15, -0.1) is 0 Å². The van der Waals surface area contributed by atoms with Gasteiger partial charge in [-0.25, -0.2) is 8.78 Å². The third kappa shape index (κ3) is 5.88. The van der Waals surface area contributed by atoms with Gasteiger partial charge in [-0.3, -0.25) is 0 Å². The van der Waals surface area contributed by atoms with Gasteiger partial charge in [0.2, 0.25) is 0 Å². The summed E-state index contributed by atoms with van der Waals surface area (Å²) >= 11 is 0. The Labute approximate surface area is 177 Å². The molecule has 0 saturated heterocycles. The van der Waals surface area contributed by atoms with Crippen LogP contribution < -0.4 is 11.1 Å². The zero-order valence-corrected chi connectivity index (χ0v) is 17.5. The van der Waals surface area contributed by atoms with Crippen molar-refractivity contribution in [2.24, 2.45) is 11.7 Å². The molecule has 1 fully saturated rings. The Morgan fingerprint density at radius 2 is 1.77 bits per heavy atom. The van der Waals surface area contributed by atoms with E-state index >= 15 is 0 Å². The zero-order chi connectivity index (χ0) is 21.7. The van der Waals surface area contributed by atoms with Crippen molar-refractivity contribution in [3.05, 3.63) is 59.7 Å². The van der Waals surface area contributed by atoms with Gasteiger partial charge in [-0.05, 0) is 56.1 Å². The Kier molecular flexibility index (Phi) is 7.63.